The second-order valence-electron chi connectivity index (χ2n) is 5.89. The molecule has 0 aromatic heterocycles. The van der Waals surface area contributed by atoms with E-state index < -0.39 is 0 Å². The van der Waals surface area contributed by atoms with E-state index in [4.69, 9.17) is 0 Å². The molecule has 0 spiro atoms. The third kappa shape index (κ3) is 1.81. The van der Waals surface area contributed by atoms with Gasteiger partial charge in [0.2, 0.25) is 0 Å². The Kier molecular flexibility index (Phi) is 3.21. The highest BCUT2D eigenvalue weighted by atomic mass is 16.3. The summed E-state index contributed by atoms with van der Waals surface area (Å²) in [6.45, 7) is 0.163. The first-order valence-corrected chi connectivity index (χ1v) is 7.67. The van der Waals surface area contributed by atoms with Crippen LogP contribution < -0.4 is 0 Å². The minimum absolute atomic E-state index is 0.0152. The van der Waals surface area contributed by atoms with E-state index in [0.717, 1.165) is 16.7 Å². The van der Waals surface area contributed by atoms with Gasteiger partial charge in [-0.1, -0.05) is 60.7 Å². The van der Waals surface area contributed by atoms with Gasteiger partial charge in [0.05, 0.1) is 13.2 Å². The highest BCUT2D eigenvalue weighted by Gasteiger charge is 2.32. The van der Waals surface area contributed by atoms with E-state index in [1.807, 2.05) is 24.3 Å². The zero-order valence-electron chi connectivity index (χ0n) is 12.2. The fourth-order valence-electron chi connectivity index (χ4n) is 3.86. The third-order valence-electron chi connectivity index (χ3n) is 4.84. The molecule has 22 heavy (non-hydrogen) atoms. The van der Waals surface area contributed by atoms with Crippen LogP contribution in [0.4, 0.5) is 0 Å². The van der Waals surface area contributed by atoms with Crippen LogP contribution in [0.15, 0.2) is 60.7 Å². The second kappa shape index (κ2) is 5.24. The van der Waals surface area contributed by atoms with Crippen LogP contribution in [-0.2, 0) is 0 Å². The number of hydrogen-bond acceptors (Lipinski definition) is 2. The second-order valence-corrected chi connectivity index (χ2v) is 5.89. The summed E-state index contributed by atoms with van der Waals surface area (Å²) < 4.78 is 0. The molecule has 0 saturated carbocycles. The van der Waals surface area contributed by atoms with Gasteiger partial charge in [0, 0.05) is 11.8 Å². The first-order valence-electron chi connectivity index (χ1n) is 7.67. The highest BCUT2D eigenvalue weighted by molar-refractivity contribution is 5.89. The summed E-state index contributed by atoms with van der Waals surface area (Å²) in [4.78, 5) is 0. The standard InChI is InChI=1S/C20H18O2/c21-11-18-15-7-3-4-8-16(15)19(12-22)20-14-6-2-1-5-13(14)9-10-17(18)20/h1-10,18-19,21-22H,11-12H2/t18-,19+/m0/s1. The quantitative estimate of drug-likeness (QED) is 0.759. The third-order valence-corrected chi connectivity index (χ3v) is 4.84. The highest BCUT2D eigenvalue weighted by Crippen LogP contribution is 2.45. The maximum Gasteiger partial charge on any atom is 0.0540 e. The van der Waals surface area contributed by atoms with Gasteiger partial charge in [-0.05, 0) is 33.0 Å². The normalized spacial score (nSPS) is 19.7. The Bertz CT molecular complexity index is 838. The largest absolute Gasteiger partial charge is 0.395 e. The molecule has 0 saturated heterocycles. The molecule has 2 nitrogen and oxygen atoms in total. The number of aliphatic hydroxyl groups is 2. The van der Waals surface area contributed by atoms with E-state index in [9.17, 15) is 10.2 Å². The van der Waals surface area contributed by atoms with Crippen LogP contribution in [0.5, 0.6) is 0 Å². The SMILES string of the molecule is OC[C@H]1c2ccccc2[C@@H](CO)c2c1ccc1ccccc21. The number of hydrogen-bond donors (Lipinski definition) is 2. The molecule has 1 aliphatic rings. The molecule has 0 fully saturated rings. The zero-order chi connectivity index (χ0) is 15.1. The van der Waals surface area contributed by atoms with E-state index in [-0.39, 0.29) is 25.0 Å². The van der Waals surface area contributed by atoms with Gasteiger partial charge < -0.3 is 10.2 Å². The molecule has 0 amide bonds. The first-order chi connectivity index (χ1) is 10.8. The van der Waals surface area contributed by atoms with Crippen molar-refractivity contribution in [2.75, 3.05) is 13.2 Å². The van der Waals surface area contributed by atoms with Crippen molar-refractivity contribution in [3.05, 3.63) is 82.9 Å². The van der Waals surface area contributed by atoms with Crippen molar-refractivity contribution in [3.8, 4) is 0 Å². The van der Waals surface area contributed by atoms with Crippen LogP contribution in [0, 0.1) is 0 Å². The molecule has 2 heteroatoms. The summed E-state index contributed by atoms with van der Waals surface area (Å²) in [5, 5.41) is 22.3. The number of fused-ring (bicyclic) bond motifs is 4. The molecule has 0 heterocycles. The fraction of sp³-hybridized carbons (Fsp3) is 0.200. The van der Waals surface area contributed by atoms with E-state index in [0.29, 0.717) is 0 Å². The Morgan fingerprint density at radius 1 is 0.636 bits per heavy atom. The molecular formula is C20H18O2. The summed E-state index contributed by atoms with van der Waals surface area (Å²) in [7, 11) is 0. The minimum Gasteiger partial charge on any atom is -0.395 e. The number of benzene rings is 3. The van der Waals surface area contributed by atoms with E-state index >= 15 is 0 Å². The topological polar surface area (TPSA) is 40.5 Å². The molecule has 0 bridgehead atoms. The fourth-order valence-corrected chi connectivity index (χ4v) is 3.86. The van der Waals surface area contributed by atoms with Crippen LogP contribution >= 0.6 is 0 Å². The Morgan fingerprint density at radius 3 is 2.00 bits per heavy atom. The van der Waals surface area contributed by atoms with Crippen molar-refractivity contribution in [3.63, 3.8) is 0 Å². The summed E-state index contributed by atoms with van der Waals surface area (Å²) >= 11 is 0. The van der Waals surface area contributed by atoms with E-state index in [1.54, 1.807) is 0 Å². The van der Waals surface area contributed by atoms with Crippen LogP contribution in [0.25, 0.3) is 10.8 Å². The predicted octanol–water partition coefficient (Wildman–Crippen LogP) is 3.40. The molecule has 1 aliphatic carbocycles. The zero-order valence-corrected chi connectivity index (χ0v) is 12.2. The molecule has 110 valence electrons. The van der Waals surface area contributed by atoms with Crippen molar-refractivity contribution in [1.82, 2.24) is 0 Å². The lowest BCUT2D eigenvalue weighted by atomic mass is 9.71. The lowest BCUT2D eigenvalue weighted by Gasteiger charge is -2.33. The van der Waals surface area contributed by atoms with Crippen LogP contribution in [0.3, 0.4) is 0 Å². The molecule has 4 rings (SSSR count). The number of aliphatic hydroxyl groups excluding tert-OH is 2. The Hall–Kier alpha value is -2.16. The molecule has 0 unspecified atom stereocenters. The summed E-state index contributed by atoms with van der Waals surface area (Å²) in [5.74, 6) is -0.0429. The maximum atomic E-state index is 10.0. The van der Waals surface area contributed by atoms with Gasteiger partial charge in [0.15, 0.2) is 0 Å². The monoisotopic (exact) mass is 290 g/mol. The van der Waals surface area contributed by atoms with Gasteiger partial charge in [0.25, 0.3) is 0 Å². The molecule has 2 N–H and O–H groups in total. The van der Waals surface area contributed by atoms with Crippen molar-refractivity contribution in [2.45, 2.75) is 11.8 Å². The van der Waals surface area contributed by atoms with Gasteiger partial charge in [-0.15, -0.1) is 0 Å². The average Bonchev–Trinajstić information content (AvgIpc) is 2.59. The Labute approximate surface area is 129 Å². The molecule has 3 aromatic rings. The summed E-state index contributed by atoms with van der Waals surface area (Å²) in [6.07, 6.45) is 0. The van der Waals surface area contributed by atoms with Gasteiger partial charge >= 0.3 is 0 Å². The van der Waals surface area contributed by atoms with Crippen molar-refractivity contribution in [1.29, 1.82) is 0 Å². The molecule has 0 aliphatic heterocycles. The summed E-state index contributed by atoms with van der Waals surface area (Å²) in [6, 6.07) is 20.6. The van der Waals surface area contributed by atoms with E-state index in [1.165, 1.54) is 16.3 Å². The Morgan fingerprint density at radius 2 is 1.27 bits per heavy atom. The minimum atomic E-state index is -0.0277. The van der Waals surface area contributed by atoms with Gasteiger partial charge in [-0.3, -0.25) is 0 Å². The first kappa shape index (κ1) is 13.5. The van der Waals surface area contributed by atoms with E-state index in [2.05, 4.69) is 36.4 Å². The number of rotatable bonds is 2. The molecule has 2 atom stereocenters. The maximum absolute atomic E-state index is 10.0. The molecule has 3 aromatic carbocycles. The molecular weight excluding hydrogens is 272 g/mol. The smallest absolute Gasteiger partial charge is 0.0540 e. The van der Waals surface area contributed by atoms with Crippen LogP contribution in [-0.4, -0.2) is 23.4 Å². The lowest BCUT2D eigenvalue weighted by Crippen LogP contribution is -2.22. The van der Waals surface area contributed by atoms with Crippen molar-refractivity contribution < 1.29 is 10.2 Å². The lowest BCUT2D eigenvalue weighted by molar-refractivity contribution is 0.263. The van der Waals surface area contributed by atoms with Crippen LogP contribution in [0.1, 0.15) is 34.1 Å². The van der Waals surface area contributed by atoms with Crippen molar-refractivity contribution in [2.24, 2.45) is 0 Å². The summed E-state index contributed by atoms with van der Waals surface area (Å²) in [5.41, 5.74) is 4.57. The predicted molar refractivity (Wildman–Crippen MR) is 88.2 cm³/mol. The van der Waals surface area contributed by atoms with Gasteiger partial charge in [0.1, 0.15) is 0 Å². The van der Waals surface area contributed by atoms with Gasteiger partial charge in [-0.2, -0.15) is 0 Å². The van der Waals surface area contributed by atoms with Gasteiger partial charge in [-0.25, -0.2) is 0 Å². The van der Waals surface area contributed by atoms with Crippen molar-refractivity contribution >= 4 is 10.8 Å². The average molecular weight is 290 g/mol. The molecule has 0 radical (unpaired) electrons. The van der Waals surface area contributed by atoms with Crippen LogP contribution in [0.2, 0.25) is 0 Å². The Balaban J connectivity index is 2.08.